The number of imidazole rings is 1. The highest BCUT2D eigenvalue weighted by atomic mass is 16.3. The molecule has 1 atom stereocenters. The van der Waals surface area contributed by atoms with E-state index in [1.165, 1.54) is 11.6 Å². The maximum atomic E-state index is 12.3. The van der Waals surface area contributed by atoms with Gasteiger partial charge in [0.15, 0.2) is 11.2 Å². The SMILES string of the molecule is CC[C@@H](CNCCO)Nc1nc2c(c(=O)n(C)c(=O)n2C)n1C. The third-order valence-electron chi connectivity index (χ3n) is 3.98. The number of fused-ring (bicyclic) bond motifs is 1. The van der Waals surface area contributed by atoms with E-state index in [-0.39, 0.29) is 18.2 Å². The van der Waals surface area contributed by atoms with Crippen LogP contribution in [0.3, 0.4) is 0 Å². The van der Waals surface area contributed by atoms with Gasteiger partial charge in [-0.25, -0.2) is 4.79 Å². The summed E-state index contributed by atoms with van der Waals surface area (Å²) in [6.07, 6.45) is 0.846. The van der Waals surface area contributed by atoms with Gasteiger partial charge in [0.2, 0.25) is 5.95 Å². The predicted octanol–water partition coefficient (Wildman–Crippen LogP) is -1.26. The Kier molecular flexibility index (Phi) is 5.22. The number of aliphatic hydroxyl groups is 1. The maximum Gasteiger partial charge on any atom is 0.332 e. The van der Waals surface area contributed by atoms with E-state index in [1.54, 1.807) is 18.7 Å². The molecule has 0 aliphatic rings. The second kappa shape index (κ2) is 6.97. The lowest BCUT2D eigenvalue weighted by atomic mass is 10.2. The molecule has 0 unspecified atom stereocenters. The van der Waals surface area contributed by atoms with Crippen molar-refractivity contribution in [3.05, 3.63) is 20.8 Å². The number of hydrogen-bond donors (Lipinski definition) is 3. The van der Waals surface area contributed by atoms with Gasteiger partial charge in [-0.1, -0.05) is 6.92 Å². The molecule has 9 nitrogen and oxygen atoms in total. The van der Waals surface area contributed by atoms with E-state index in [0.717, 1.165) is 11.0 Å². The largest absolute Gasteiger partial charge is 0.395 e. The fourth-order valence-electron chi connectivity index (χ4n) is 2.48. The van der Waals surface area contributed by atoms with Crippen molar-refractivity contribution in [1.29, 1.82) is 0 Å². The number of aromatic nitrogens is 4. The van der Waals surface area contributed by atoms with Gasteiger partial charge in [0, 0.05) is 40.3 Å². The van der Waals surface area contributed by atoms with Crippen molar-refractivity contribution in [2.45, 2.75) is 19.4 Å². The zero-order chi connectivity index (χ0) is 17.1. The van der Waals surface area contributed by atoms with Crippen molar-refractivity contribution < 1.29 is 5.11 Å². The maximum absolute atomic E-state index is 12.3. The topological polar surface area (TPSA) is 106 Å². The molecule has 9 heteroatoms. The number of nitrogens with zero attached hydrogens (tertiary/aromatic N) is 4. The van der Waals surface area contributed by atoms with Crippen LogP contribution in [-0.4, -0.2) is 49.5 Å². The van der Waals surface area contributed by atoms with Crippen LogP contribution in [0.1, 0.15) is 13.3 Å². The van der Waals surface area contributed by atoms with Crippen LogP contribution < -0.4 is 21.9 Å². The zero-order valence-corrected chi connectivity index (χ0v) is 14.0. The Bertz CT molecular complexity index is 803. The molecule has 0 aliphatic heterocycles. The van der Waals surface area contributed by atoms with Gasteiger partial charge in [0.05, 0.1) is 6.61 Å². The highest BCUT2D eigenvalue weighted by Gasteiger charge is 2.18. The van der Waals surface area contributed by atoms with Crippen molar-refractivity contribution in [3.8, 4) is 0 Å². The molecule has 0 amide bonds. The molecule has 2 aromatic rings. The van der Waals surface area contributed by atoms with Gasteiger partial charge >= 0.3 is 5.69 Å². The number of aryl methyl sites for hydroxylation is 2. The zero-order valence-electron chi connectivity index (χ0n) is 14.0. The number of rotatable bonds is 7. The minimum absolute atomic E-state index is 0.0842. The molecule has 0 radical (unpaired) electrons. The molecule has 128 valence electrons. The minimum atomic E-state index is -0.399. The standard InChI is InChI=1S/C14H24N6O3/c1-5-9(8-15-6-7-21)16-13-17-11-10(18(13)2)12(22)20(4)14(23)19(11)3/h9,15,21H,5-8H2,1-4H3,(H,16,17)/t9-/m0/s1. The lowest BCUT2D eigenvalue weighted by molar-refractivity contribution is 0.291. The van der Waals surface area contributed by atoms with Gasteiger partial charge in [0.25, 0.3) is 5.56 Å². The van der Waals surface area contributed by atoms with Crippen LogP contribution in [0.4, 0.5) is 5.95 Å². The van der Waals surface area contributed by atoms with Crippen molar-refractivity contribution in [2.24, 2.45) is 21.1 Å². The smallest absolute Gasteiger partial charge is 0.332 e. The average molecular weight is 324 g/mol. The number of anilines is 1. The Morgan fingerprint density at radius 1 is 1.17 bits per heavy atom. The first-order valence-electron chi connectivity index (χ1n) is 7.62. The molecule has 2 heterocycles. The summed E-state index contributed by atoms with van der Waals surface area (Å²) in [5, 5.41) is 15.2. The summed E-state index contributed by atoms with van der Waals surface area (Å²) in [6, 6.07) is 0.0953. The average Bonchev–Trinajstić information content (AvgIpc) is 2.87. The Morgan fingerprint density at radius 2 is 1.87 bits per heavy atom. The monoisotopic (exact) mass is 324 g/mol. The van der Waals surface area contributed by atoms with Crippen LogP contribution in [0.2, 0.25) is 0 Å². The Labute approximate surface area is 133 Å². The highest BCUT2D eigenvalue weighted by Crippen LogP contribution is 2.14. The highest BCUT2D eigenvalue weighted by molar-refractivity contribution is 5.74. The Morgan fingerprint density at radius 3 is 2.48 bits per heavy atom. The van der Waals surface area contributed by atoms with E-state index < -0.39 is 5.69 Å². The first-order valence-corrected chi connectivity index (χ1v) is 7.62. The van der Waals surface area contributed by atoms with Crippen LogP contribution in [-0.2, 0) is 21.1 Å². The van der Waals surface area contributed by atoms with E-state index in [4.69, 9.17) is 5.11 Å². The molecule has 0 saturated heterocycles. The predicted molar refractivity (Wildman–Crippen MR) is 88.9 cm³/mol. The third kappa shape index (κ3) is 3.15. The van der Waals surface area contributed by atoms with Gasteiger partial charge in [-0.3, -0.25) is 13.9 Å². The normalized spacial score (nSPS) is 12.7. The molecule has 0 bridgehead atoms. The Balaban J connectivity index is 2.41. The Hall–Kier alpha value is -2.13. The molecule has 2 aromatic heterocycles. The summed E-state index contributed by atoms with van der Waals surface area (Å²) in [6.45, 7) is 3.31. The number of hydrogen-bond acceptors (Lipinski definition) is 6. The summed E-state index contributed by atoms with van der Waals surface area (Å²) in [5.41, 5.74) is -0.0158. The van der Waals surface area contributed by atoms with Gasteiger partial charge < -0.3 is 20.3 Å². The summed E-state index contributed by atoms with van der Waals surface area (Å²) in [4.78, 5) is 28.7. The summed E-state index contributed by atoms with van der Waals surface area (Å²) < 4.78 is 4.12. The van der Waals surface area contributed by atoms with Crippen LogP contribution in [0.25, 0.3) is 11.2 Å². The van der Waals surface area contributed by atoms with Crippen LogP contribution in [0, 0.1) is 0 Å². The molecule has 0 aromatic carbocycles. The first kappa shape index (κ1) is 17.2. The molecule has 23 heavy (non-hydrogen) atoms. The van der Waals surface area contributed by atoms with E-state index in [9.17, 15) is 9.59 Å². The number of nitrogens with one attached hydrogen (secondary N) is 2. The van der Waals surface area contributed by atoms with Crippen LogP contribution >= 0.6 is 0 Å². The van der Waals surface area contributed by atoms with Gasteiger partial charge in [-0.15, -0.1) is 0 Å². The summed E-state index contributed by atoms with van der Waals surface area (Å²) in [7, 11) is 4.80. The number of aliphatic hydroxyl groups excluding tert-OH is 1. The summed E-state index contributed by atoms with van der Waals surface area (Å²) >= 11 is 0. The lowest BCUT2D eigenvalue weighted by Gasteiger charge is -2.17. The second-order valence-corrected chi connectivity index (χ2v) is 5.55. The van der Waals surface area contributed by atoms with Crippen LogP contribution in [0.15, 0.2) is 9.59 Å². The van der Waals surface area contributed by atoms with Gasteiger partial charge in [-0.2, -0.15) is 4.98 Å². The summed E-state index contributed by atoms with van der Waals surface area (Å²) in [5.74, 6) is 0.538. The van der Waals surface area contributed by atoms with E-state index >= 15 is 0 Å². The fourth-order valence-corrected chi connectivity index (χ4v) is 2.48. The minimum Gasteiger partial charge on any atom is -0.395 e. The molecule has 3 N–H and O–H groups in total. The van der Waals surface area contributed by atoms with Crippen LogP contribution in [0.5, 0.6) is 0 Å². The molecule has 0 spiro atoms. The van der Waals surface area contributed by atoms with E-state index in [0.29, 0.717) is 30.2 Å². The fraction of sp³-hybridized carbons (Fsp3) is 0.643. The van der Waals surface area contributed by atoms with E-state index in [2.05, 4.69) is 15.6 Å². The first-order chi connectivity index (χ1) is 10.9. The molecular formula is C14H24N6O3. The van der Waals surface area contributed by atoms with Gasteiger partial charge in [-0.05, 0) is 6.42 Å². The molecule has 2 rings (SSSR count). The molecule has 0 fully saturated rings. The van der Waals surface area contributed by atoms with Crippen molar-refractivity contribution in [1.82, 2.24) is 24.0 Å². The quantitative estimate of drug-likeness (QED) is 0.549. The molecule has 0 saturated carbocycles. The third-order valence-corrected chi connectivity index (χ3v) is 3.98. The molecule has 0 aliphatic carbocycles. The van der Waals surface area contributed by atoms with E-state index in [1.807, 2.05) is 6.92 Å². The van der Waals surface area contributed by atoms with Gasteiger partial charge in [0.1, 0.15) is 0 Å². The lowest BCUT2D eigenvalue weighted by Crippen LogP contribution is -2.37. The van der Waals surface area contributed by atoms with Crippen molar-refractivity contribution in [2.75, 3.05) is 25.0 Å². The molecular weight excluding hydrogens is 300 g/mol. The second-order valence-electron chi connectivity index (χ2n) is 5.55. The van der Waals surface area contributed by atoms with Crippen molar-refractivity contribution >= 4 is 17.1 Å². The van der Waals surface area contributed by atoms with Crippen molar-refractivity contribution in [3.63, 3.8) is 0 Å².